The van der Waals surface area contributed by atoms with Crippen LogP contribution in [-0.4, -0.2) is 56.2 Å². The summed E-state index contributed by atoms with van der Waals surface area (Å²) in [7, 11) is 1.60. The van der Waals surface area contributed by atoms with Gasteiger partial charge in [0.2, 0.25) is 5.91 Å². The van der Waals surface area contributed by atoms with E-state index < -0.39 is 0 Å². The van der Waals surface area contributed by atoms with Gasteiger partial charge in [0.15, 0.2) is 0 Å². The Hall–Kier alpha value is -2.08. The van der Waals surface area contributed by atoms with Gasteiger partial charge in [0, 0.05) is 32.8 Å². The molecule has 1 aromatic rings. The summed E-state index contributed by atoms with van der Waals surface area (Å²) in [5.74, 6) is 0.111. The molecule has 1 aliphatic heterocycles. The van der Waals surface area contributed by atoms with E-state index in [1.807, 2.05) is 42.2 Å². The molecule has 1 heterocycles. The lowest BCUT2D eigenvalue weighted by Crippen LogP contribution is -2.50. The second-order valence-electron chi connectivity index (χ2n) is 6.36. The van der Waals surface area contributed by atoms with Gasteiger partial charge in [-0.25, -0.2) is 4.79 Å². The van der Waals surface area contributed by atoms with Crippen LogP contribution in [0.5, 0.6) is 0 Å². The van der Waals surface area contributed by atoms with Crippen LogP contribution in [0.15, 0.2) is 30.3 Å². The molecule has 0 aromatic heterocycles. The zero-order valence-corrected chi connectivity index (χ0v) is 15.2. The number of methoxy groups -OCH3 is 1. The van der Waals surface area contributed by atoms with E-state index in [9.17, 15) is 9.59 Å². The fraction of sp³-hybridized carbons (Fsp3) is 0.579. The maximum atomic E-state index is 12.8. The van der Waals surface area contributed by atoms with Crippen LogP contribution in [0.2, 0.25) is 0 Å². The molecule has 0 saturated carbocycles. The van der Waals surface area contributed by atoms with Gasteiger partial charge in [0.25, 0.3) is 0 Å². The van der Waals surface area contributed by atoms with Crippen LogP contribution >= 0.6 is 0 Å². The monoisotopic (exact) mass is 347 g/mol. The molecule has 0 aliphatic carbocycles. The topological polar surface area (TPSA) is 70.7 Å². The van der Waals surface area contributed by atoms with Crippen LogP contribution in [0.25, 0.3) is 0 Å². The highest BCUT2D eigenvalue weighted by atomic mass is 16.5. The fourth-order valence-corrected chi connectivity index (χ4v) is 3.21. The third-order valence-electron chi connectivity index (χ3n) is 4.64. The van der Waals surface area contributed by atoms with Gasteiger partial charge in [-0.1, -0.05) is 37.3 Å². The van der Waals surface area contributed by atoms with E-state index in [1.165, 1.54) is 0 Å². The first-order valence-electron chi connectivity index (χ1n) is 9.02. The highest BCUT2D eigenvalue weighted by molar-refractivity contribution is 5.83. The first kappa shape index (κ1) is 19.2. The van der Waals surface area contributed by atoms with Gasteiger partial charge in [-0.05, 0) is 24.8 Å². The SMILES string of the molecule is CC[C@H](C(=O)N1CCC(NC(=O)NCCOC)CC1)c1ccccc1. The predicted molar refractivity (Wildman–Crippen MR) is 97.5 cm³/mol. The number of urea groups is 1. The Bertz CT molecular complexity index is 542. The number of rotatable bonds is 7. The minimum atomic E-state index is -0.169. The number of hydrogen-bond acceptors (Lipinski definition) is 3. The fourth-order valence-electron chi connectivity index (χ4n) is 3.21. The highest BCUT2D eigenvalue weighted by Gasteiger charge is 2.28. The molecule has 3 amide bonds. The van der Waals surface area contributed by atoms with E-state index in [1.54, 1.807) is 7.11 Å². The number of carbonyl (C=O) groups is 2. The molecule has 2 N–H and O–H groups in total. The van der Waals surface area contributed by atoms with Crippen molar-refractivity contribution < 1.29 is 14.3 Å². The zero-order valence-electron chi connectivity index (χ0n) is 15.2. The standard InChI is InChI=1S/C19H29N3O3/c1-3-17(15-7-5-4-6-8-15)18(23)22-12-9-16(10-13-22)21-19(24)20-11-14-25-2/h4-8,16-17H,3,9-14H2,1-2H3,(H2,20,21,24)/t17-/m0/s1. The summed E-state index contributed by atoms with van der Waals surface area (Å²) in [6.07, 6.45) is 2.37. The van der Waals surface area contributed by atoms with Gasteiger partial charge < -0.3 is 20.3 Å². The second kappa shape index (κ2) is 10.0. The number of carbonyl (C=O) groups excluding carboxylic acids is 2. The molecule has 0 unspecified atom stereocenters. The van der Waals surface area contributed by atoms with Crippen LogP contribution in [0.4, 0.5) is 4.79 Å². The summed E-state index contributed by atoms with van der Waals surface area (Å²) in [4.78, 5) is 26.6. The van der Waals surface area contributed by atoms with Crippen LogP contribution in [0.1, 0.15) is 37.7 Å². The number of ether oxygens (including phenoxy) is 1. The van der Waals surface area contributed by atoms with Crippen molar-refractivity contribution >= 4 is 11.9 Å². The smallest absolute Gasteiger partial charge is 0.315 e. The molecule has 0 radical (unpaired) electrons. The Labute approximate surface area is 149 Å². The molecule has 0 bridgehead atoms. The van der Waals surface area contributed by atoms with Crippen LogP contribution < -0.4 is 10.6 Å². The second-order valence-corrected chi connectivity index (χ2v) is 6.36. The van der Waals surface area contributed by atoms with Crippen molar-refractivity contribution in [2.24, 2.45) is 0 Å². The lowest BCUT2D eigenvalue weighted by atomic mass is 9.93. The molecule has 6 nitrogen and oxygen atoms in total. The summed E-state index contributed by atoms with van der Waals surface area (Å²) >= 11 is 0. The Morgan fingerprint density at radius 2 is 1.92 bits per heavy atom. The Balaban J connectivity index is 1.80. The Kier molecular flexibility index (Phi) is 7.73. The van der Waals surface area contributed by atoms with Crippen molar-refractivity contribution in [3.8, 4) is 0 Å². The van der Waals surface area contributed by atoms with Crippen molar-refractivity contribution in [1.82, 2.24) is 15.5 Å². The number of amides is 3. The number of benzene rings is 1. The number of nitrogens with one attached hydrogen (secondary N) is 2. The third-order valence-corrected chi connectivity index (χ3v) is 4.64. The van der Waals surface area contributed by atoms with Gasteiger partial charge in [-0.15, -0.1) is 0 Å². The minimum absolute atomic E-state index is 0.0805. The average Bonchev–Trinajstić information content (AvgIpc) is 2.64. The maximum absolute atomic E-state index is 12.8. The van der Waals surface area contributed by atoms with E-state index in [4.69, 9.17) is 4.74 Å². The molecule has 1 saturated heterocycles. The molecular weight excluding hydrogens is 318 g/mol. The number of piperidine rings is 1. The highest BCUT2D eigenvalue weighted by Crippen LogP contribution is 2.24. The van der Waals surface area contributed by atoms with Crippen molar-refractivity contribution in [2.75, 3.05) is 33.4 Å². The quantitative estimate of drug-likeness (QED) is 0.742. The van der Waals surface area contributed by atoms with Crippen molar-refractivity contribution in [1.29, 1.82) is 0 Å². The largest absolute Gasteiger partial charge is 0.383 e. The normalized spacial score (nSPS) is 16.3. The summed E-state index contributed by atoms with van der Waals surface area (Å²) in [6.45, 7) is 4.41. The molecule has 2 rings (SSSR count). The van der Waals surface area contributed by atoms with Gasteiger partial charge in [-0.2, -0.15) is 0 Å². The van der Waals surface area contributed by atoms with E-state index in [2.05, 4.69) is 10.6 Å². The summed E-state index contributed by atoms with van der Waals surface area (Å²) in [6, 6.07) is 9.90. The lowest BCUT2D eigenvalue weighted by molar-refractivity contribution is -0.134. The predicted octanol–water partition coefficient (Wildman–Crippen LogP) is 2.12. The molecule has 1 aliphatic rings. The molecule has 1 atom stereocenters. The average molecular weight is 347 g/mol. The molecule has 1 fully saturated rings. The van der Waals surface area contributed by atoms with Gasteiger partial charge >= 0.3 is 6.03 Å². The molecule has 6 heteroatoms. The number of likely N-dealkylation sites (tertiary alicyclic amines) is 1. The summed E-state index contributed by atoms with van der Waals surface area (Å²) in [5.41, 5.74) is 1.08. The van der Waals surface area contributed by atoms with E-state index in [-0.39, 0.29) is 23.9 Å². The summed E-state index contributed by atoms with van der Waals surface area (Å²) in [5, 5.41) is 5.73. The molecule has 25 heavy (non-hydrogen) atoms. The maximum Gasteiger partial charge on any atom is 0.315 e. The number of nitrogens with zero attached hydrogens (tertiary/aromatic N) is 1. The Morgan fingerprint density at radius 1 is 1.24 bits per heavy atom. The first-order chi connectivity index (χ1) is 12.2. The zero-order chi connectivity index (χ0) is 18.1. The molecule has 138 valence electrons. The van der Waals surface area contributed by atoms with Gasteiger partial charge in [0.05, 0.1) is 12.5 Å². The molecule has 1 aromatic carbocycles. The number of hydrogen-bond donors (Lipinski definition) is 2. The first-order valence-corrected chi connectivity index (χ1v) is 9.02. The van der Waals surface area contributed by atoms with E-state index in [0.717, 1.165) is 24.8 Å². The van der Waals surface area contributed by atoms with Gasteiger partial charge in [-0.3, -0.25) is 4.79 Å². The van der Waals surface area contributed by atoms with E-state index >= 15 is 0 Å². The Morgan fingerprint density at radius 3 is 2.52 bits per heavy atom. The van der Waals surface area contributed by atoms with Crippen LogP contribution in [-0.2, 0) is 9.53 Å². The van der Waals surface area contributed by atoms with Crippen molar-refractivity contribution in [2.45, 2.75) is 38.1 Å². The van der Waals surface area contributed by atoms with Crippen molar-refractivity contribution in [3.63, 3.8) is 0 Å². The third kappa shape index (κ3) is 5.74. The molecular formula is C19H29N3O3. The van der Waals surface area contributed by atoms with Crippen LogP contribution in [0.3, 0.4) is 0 Å². The molecule has 0 spiro atoms. The van der Waals surface area contributed by atoms with Crippen LogP contribution in [0, 0.1) is 0 Å². The minimum Gasteiger partial charge on any atom is -0.383 e. The summed E-state index contributed by atoms with van der Waals surface area (Å²) < 4.78 is 4.91. The van der Waals surface area contributed by atoms with Gasteiger partial charge in [0.1, 0.15) is 0 Å². The van der Waals surface area contributed by atoms with Crippen molar-refractivity contribution in [3.05, 3.63) is 35.9 Å². The lowest BCUT2D eigenvalue weighted by Gasteiger charge is -2.34. The van der Waals surface area contributed by atoms with E-state index in [0.29, 0.717) is 26.2 Å².